The van der Waals surface area contributed by atoms with Crippen molar-refractivity contribution < 1.29 is 4.74 Å². The van der Waals surface area contributed by atoms with Crippen molar-refractivity contribution in [2.75, 3.05) is 31.6 Å². The summed E-state index contributed by atoms with van der Waals surface area (Å²) >= 11 is 3.49. The smallest absolute Gasteiger partial charge is 0.135 e. The summed E-state index contributed by atoms with van der Waals surface area (Å²) in [5.41, 5.74) is 1.25. The van der Waals surface area contributed by atoms with Crippen LogP contribution in [0, 0.1) is 0 Å². The number of ether oxygens (including phenoxy) is 1. The van der Waals surface area contributed by atoms with Crippen LogP contribution >= 0.6 is 15.9 Å². The Bertz CT molecular complexity index is 397. The summed E-state index contributed by atoms with van der Waals surface area (Å²) < 4.78 is 6.36. The molecule has 0 amide bonds. The summed E-state index contributed by atoms with van der Waals surface area (Å²) in [6, 6.07) is 6.93. The minimum absolute atomic E-state index is 0.625. The maximum absolute atomic E-state index is 5.35. The van der Waals surface area contributed by atoms with Crippen molar-refractivity contribution >= 4 is 21.6 Å². The first-order valence-corrected chi connectivity index (χ1v) is 7.35. The molecule has 0 saturated carbocycles. The Labute approximate surface area is 118 Å². The third-order valence-electron chi connectivity index (χ3n) is 3.37. The van der Waals surface area contributed by atoms with Crippen LogP contribution in [0.3, 0.4) is 0 Å². The van der Waals surface area contributed by atoms with E-state index >= 15 is 0 Å². The van der Waals surface area contributed by atoms with Gasteiger partial charge < -0.3 is 15.0 Å². The lowest BCUT2D eigenvalue weighted by molar-refractivity contribution is 0.412. The monoisotopic (exact) mass is 312 g/mol. The summed E-state index contributed by atoms with van der Waals surface area (Å²) in [6.45, 7) is 5.53. The minimum Gasteiger partial charge on any atom is -0.495 e. The summed E-state index contributed by atoms with van der Waals surface area (Å²) in [6.07, 6.45) is 2.42. The fourth-order valence-corrected chi connectivity index (χ4v) is 2.76. The molecule has 1 aliphatic rings. The van der Waals surface area contributed by atoms with Gasteiger partial charge in [0, 0.05) is 30.9 Å². The summed E-state index contributed by atoms with van der Waals surface area (Å²) in [4.78, 5) is 2.42. The molecule has 0 aromatic heterocycles. The normalized spacial score (nSPS) is 19.3. The van der Waals surface area contributed by atoms with Gasteiger partial charge in [-0.25, -0.2) is 0 Å². The van der Waals surface area contributed by atoms with E-state index in [1.807, 2.05) is 0 Å². The van der Waals surface area contributed by atoms with Crippen molar-refractivity contribution in [3.05, 3.63) is 22.7 Å². The molecule has 0 aliphatic carbocycles. The highest BCUT2D eigenvalue weighted by atomic mass is 79.9. The molecule has 0 spiro atoms. The van der Waals surface area contributed by atoms with Crippen molar-refractivity contribution in [3.8, 4) is 5.75 Å². The molecule has 1 saturated heterocycles. The van der Waals surface area contributed by atoms with Crippen LogP contribution in [0.5, 0.6) is 5.75 Å². The van der Waals surface area contributed by atoms with Gasteiger partial charge in [-0.3, -0.25) is 0 Å². The van der Waals surface area contributed by atoms with Crippen LogP contribution in [-0.4, -0.2) is 32.8 Å². The van der Waals surface area contributed by atoms with Gasteiger partial charge in [-0.15, -0.1) is 0 Å². The summed E-state index contributed by atoms with van der Waals surface area (Å²) in [7, 11) is 1.71. The molecule has 4 heteroatoms. The first-order valence-electron chi connectivity index (χ1n) is 6.56. The van der Waals surface area contributed by atoms with Gasteiger partial charge in [0.1, 0.15) is 5.75 Å². The van der Waals surface area contributed by atoms with Gasteiger partial charge in [0.2, 0.25) is 0 Å². The molecule has 1 fully saturated rings. The molecule has 1 unspecified atom stereocenters. The van der Waals surface area contributed by atoms with E-state index in [2.05, 4.69) is 51.3 Å². The maximum atomic E-state index is 5.35. The SMILES string of the molecule is CCCNC1CCN(c2ccc(Br)c(OC)c2)C1. The molecule has 18 heavy (non-hydrogen) atoms. The van der Waals surface area contributed by atoms with Crippen LogP contribution in [0.25, 0.3) is 0 Å². The molecular weight excluding hydrogens is 292 g/mol. The van der Waals surface area contributed by atoms with E-state index in [-0.39, 0.29) is 0 Å². The third kappa shape index (κ3) is 3.18. The van der Waals surface area contributed by atoms with Gasteiger partial charge in [-0.2, -0.15) is 0 Å². The molecule has 1 aromatic carbocycles. The molecule has 1 N–H and O–H groups in total. The van der Waals surface area contributed by atoms with Crippen LogP contribution in [0.4, 0.5) is 5.69 Å². The molecule has 1 heterocycles. The second-order valence-electron chi connectivity index (χ2n) is 4.70. The highest BCUT2D eigenvalue weighted by Crippen LogP contribution is 2.31. The zero-order valence-corrected chi connectivity index (χ0v) is 12.7. The molecule has 100 valence electrons. The topological polar surface area (TPSA) is 24.5 Å². The van der Waals surface area contributed by atoms with E-state index in [1.54, 1.807) is 7.11 Å². The van der Waals surface area contributed by atoms with E-state index in [4.69, 9.17) is 4.74 Å². The van der Waals surface area contributed by atoms with E-state index < -0.39 is 0 Å². The predicted octanol–water partition coefficient (Wildman–Crippen LogP) is 3.04. The van der Waals surface area contributed by atoms with Crippen LogP contribution in [0.2, 0.25) is 0 Å². The highest BCUT2D eigenvalue weighted by molar-refractivity contribution is 9.10. The Morgan fingerprint density at radius 3 is 3.06 bits per heavy atom. The van der Waals surface area contributed by atoms with Gasteiger partial charge in [-0.1, -0.05) is 6.92 Å². The number of anilines is 1. The number of rotatable bonds is 5. The molecule has 0 radical (unpaired) electrons. The summed E-state index contributed by atoms with van der Waals surface area (Å²) in [5, 5.41) is 3.59. The molecular formula is C14H21BrN2O. The largest absolute Gasteiger partial charge is 0.495 e. The number of hydrogen-bond donors (Lipinski definition) is 1. The quantitative estimate of drug-likeness (QED) is 0.904. The number of methoxy groups -OCH3 is 1. The fraction of sp³-hybridized carbons (Fsp3) is 0.571. The molecule has 3 nitrogen and oxygen atoms in total. The fourth-order valence-electron chi connectivity index (χ4n) is 2.36. The van der Waals surface area contributed by atoms with Gasteiger partial charge in [0.15, 0.2) is 0 Å². The van der Waals surface area contributed by atoms with Crippen LogP contribution in [-0.2, 0) is 0 Å². The Morgan fingerprint density at radius 2 is 2.33 bits per heavy atom. The summed E-state index contributed by atoms with van der Waals surface area (Å²) in [5.74, 6) is 0.900. The third-order valence-corrected chi connectivity index (χ3v) is 4.03. The standard InChI is InChI=1S/C14H21BrN2O/c1-3-7-16-11-6-8-17(10-11)12-4-5-13(15)14(9-12)18-2/h4-5,9,11,16H,3,6-8,10H2,1-2H3. The van der Waals surface area contributed by atoms with E-state index in [9.17, 15) is 0 Å². The van der Waals surface area contributed by atoms with Crippen LogP contribution < -0.4 is 15.0 Å². The highest BCUT2D eigenvalue weighted by Gasteiger charge is 2.22. The molecule has 2 rings (SSSR count). The first kappa shape index (κ1) is 13.7. The molecule has 1 aromatic rings. The molecule has 1 aliphatic heterocycles. The number of hydrogen-bond acceptors (Lipinski definition) is 3. The van der Waals surface area contributed by atoms with Crippen molar-refractivity contribution in [1.82, 2.24) is 5.32 Å². The lowest BCUT2D eigenvalue weighted by Crippen LogP contribution is -2.32. The number of nitrogens with zero attached hydrogens (tertiary/aromatic N) is 1. The second-order valence-corrected chi connectivity index (χ2v) is 5.56. The van der Waals surface area contributed by atoms with Crippen LogP contribution in [0.15, 0.2) is 22.7 Å². The van der Waals surface area contributed by atoms with E-state index in [1.165, 1.54) is 18.5 Å². The number of benzene rings is 1. The van der Waals surface area contributed by atoms with Gasteiger partial charge in [-0.05, 0) is 47.4 Å². The van der Waals surface area contributed by atoms with Crippen molar-refractivity contribution in [1.29, 1.82) is 0 Å². The Kier molecular flexibility index (Phi) is 4.89. The predicted molar refractivity (Wildman–Crippen MR) is 79.6 cm³/mol. The number of halogens is 1. The number of nitrogens with one attached hydrogen (secondary N) is 1. The van der Waals surface area contributed by atoms with Gasteiger partial charge >= 0.3 is 0 Å². The van der Waals surface area contributed by atoms with Crippen molar-refractivity contribution in [2.24, 2.45) is 0 Å². The molecule has 0 bridgehead atoms. The zero-order valence-electron chi connectivity index (χ0n) is 11.1. The van der Waals surface area contributed by atoms with Gasteiger partial charge in [0.25, 0.3) is 0 Å². The maximum Gasteiger partial charge on any atom is 0.135 e. The minimum atomic E-state index is 0.625. The Morgan fingerprint density at radius 1 is 1.50 bits per heavy atom. The van der Waals surface area contributed by atoms with Crippen LogP contribution in [0.1, 0.15) is 19.8 Å². The zero-order chi connectivity index (χ0) is 13.0. The average Bonchev–Trinajstić information content (AvgIpc) is 2.85. The van der Waals surface area contributed by atoms with Crippen molar-refractivity contribution in [3.63, 3.8) is 0 Å². The lowest BCUT2D eigenvalue weighted by Gasteiger charge is -2.20. The first-order chi connectivity index (χ1) is 8.74. The average molecular weight is 313 g/mol. The van der Waals surface area contributed by atoms with Crippen molar-refractivity contribution in [2.45, 2.75) is 25.8 Å². The Balaban J connectivity index is 2.00. The molecule has 1 atom stereocenters. The van der Waals surface area contributed by atoms with E-state index in [0.29, 0.717) is 6.04 Å². The second kappa shape index (κ2) is 6.43. The lowest BCUT2D eigenvalue weighted by atomic mass is 10.2. The Hall–Kier alpha value is -0.740. The van der Waals surface area contributed by atoms with Gasteiger partial charge in [0.05, 0.1) is 11.6 Å². The van der Waals surface area contributed by atoms with E-state index in [0.717, 1.165) is 29.9 Å².